The standard InChI is InChI=1S/C9H8ClNO3/c10-7-4-2-1-3-6(7)5-8(11-14)9(12)13/h1-4,8H,5H2,(H,12,13). The van der Waals surface area contributed by atoms with Crippen LogP contribution in [0.25, 0.3) is 0 Å². The average Bonchev–Trinajstić information content (AvgIpc) is 2.16. The summed E-state index contributed by atoms with van der Waals surface area (Å²) in [6.45, 7) is 0. The second-order valence-corrected chi connectivity index (χ2v) is 3.16. The van der Waals surface area contributed by atoms with Crippen molar-refractivity contribution in [3.05, 3.63) is 39.8 Å². The van der Waals surface area contributed by atoms with Crippen molar-refractivity contribution in [2.24, 2.45) is 5.18 Å². The van der Waals surface area contributed by atoms with Crippen molar-refractivity contribution < 1.29 is 9.90 Å². The van der Waals surface area contributed by atoms with E-state index in [-0.39, 0.29) is 6.42 Å². The topological polar surface area (TPSA) is 66.7 Å². The van der Waals surface area contributed by atoms with Gasteiger partial charge in [-0.2, -0.15) is 0 Å². The van der Waals surface area contributed by atoms with Crippen LogP contribution in [-0.4, -0.2) is 17.1 Å². The Kier molecular flexibility index (Phi) is 3.59. The summed E-state index contributed by atoms with van der Waals surface area (Å²) in [6, 6.07) is 5.50. The Bertz CT molecular complexity index is 354. The summed E-state index contributed by atoms with van der Waals surface area (Å²) < 4.78 is 0. The zero-order chi connectivity index (χ0) is 10.6. The van der Waals surface area contributed by atoms with Gasteiger partial charge >= 0.3 is 5.97 Å². The lowest BCUT2D eigenvalue weighted by atomic mass is 10.1. The van der Waals surface area contributed by atoms with E-state index in [1.54, 1.807) is 24.3 Å². The first-order chi connectivity index (χ1) is 6.65. The van der Waals surface area contributed by atoms with Crippen molar-refractivity contribution in [1.29, 1.82) is 0 Å². The van der Waals surface area contributed by atoms with Crippen LogP contribution in [-0.2, 0) is 11.2 Å². The highest BCUT2D eigenvalue weighted by Gasteiger charge is 2.19. The summed E-state index contributed by atoms with van der Waals surface area (Å²) in [5, 5.41) is 11.6. The quantitative estimate of drug-likeness (QED) is 0.779. The Morgan fingerprint density at radius 2 is 2.14 bits per heavy atom. The zero-order valence-electron chi connectivity index (χ0n) is 7.18. The molecule has 0 heterocycles. The molecule has 0 aromatic heterocycles. The second-order valence-electron chi connectivity index (χ2n) is 2.75. The number of hydrogen-bond acceptors (Lipinski definition) is 3. The fraction of sp³-hybridized carbons (Fsp3) is 0.222. The minimum Gasteiger partial charge on any atom is -0.480 e. The van der Waals surface area contributed by atoms with Gasteiger partial charge in [-0.15, -0.1) is 4.91 Å². The van der Waals surface area contributed by atoms with Crippen molar-refractivity contribution in [3.63, 3.8) is 0 Å². The van der Waals surface area contributed by atoms with Gasteiger partial charge in [-0.1, -0.05) is 35.0 Å². The summed E-state index contributed by atoms with van der Waals surface area (Å²) in [5.74, 6) is -1.24. The molecule has 0 aliphatic heterocycles. The molecule has 1 N–H and O–H groups in total. The van der Waals surface area contributed by atoms with Crippen molar-refractivity contribution >= 4 is 17.6 Å². The predicted octanol–water partition coefficient (Wildman–Crippen LogP) is 2.10. The van der Waals surface area contributed by atoms with Gasteiger partial charge in [0.25, 0.3) is 0 Å². The molecule has 0 aliphatic rings. The van der Waals surface area contributed by atoms with Gasteiger partial charge in [-0.25, -0.2) is 4.79 Å². The molecule has 1 rings (SSSR count). The fourth-order valence-corrected chi connectivity index (χ4v) is 1.25. The lowest BCUT2D eigenvalue weighted by Gasteiger charge is -2.05. The Hall–Kier alpha value is -1.42. The van der Waals surface area contributed by atoms with Crippen LogP contribution in [0, 0.1) is 4.91 Å². The Labute approximate surface area is 85.5 Å². The number of benzene rings is 1. The van der Waals surface area contributed by atoms with Gasteiger partial charge in [0.15, 0.2) is 6.04 Å². The number of rotatable bonds is 4. The molecule has 1 aromatic carbocycles. The number of aliphatic carboxylic acids is 1. The van der Waals surface area contributed by atoms with E-state index in [1.165, 1.54) is 0 Å². The molecule has 74 valence electrons. The summed E-state index contributed by atoms with van der Waals surface area (Å²) in [4.78, 5) is 20.7. The van der Waals surface area contributed by atoms with Gasteiger partial charge in [-0.05, 0) is 11.6 Å². The highest BCUT2D eigenvalue weighted by atomic mass is 35.5. The molecule has 0 amide bonds. The molecule has 1 aromatic rings. The lowest BCUT2D eigenvalue weighted by molar-refractivity contribution is -0.138. The maximum absolute atomic E-state index is 10.5. The highest BCUT2D eigenvalue weighted by molar-refractivity contribution is 6.31. The van der Waals surface area contributed by atoms with Crippen LogP contribution >= 0.6 is 11.6 Å². The van der Waals surface area contributed by atoms with E-state index in [9.17, 15) is 9.70 Å². The predicted molar refractivity (Wildman–Crippen MR) is 52.4 cm³/mol. The number of halogens is 1. The molecular weight excluding hydrogens is 206 g/mol. The number of hydrogen-bond donors (Lipinski definition) is 1. The largest absolute Gasteiger partial charge is 0.480 e. The molecule has 0 saturated carbocycles. The zero-order valence-corrected chi connectivity index (χ0v) is 7.94. The van der Waals surface area contributed by atoms with Crippen molar-refractivity contribution in [2.45, 2.75) is 12.5 Å². The first-order valence-corrected chi connectivity index (χ1v) is 4.31. The van der Waals surface area contributed by atoms with Crippen LogP contribution in [0.4, 0.5) is 0 Å². The van der Waals surface area contributed by atoms with E-state index < -0.39 is 12.0 Å². The third kappa shape index (κ3) is 2.53. The van der Waals surface area contributed by atoms with Crippen LogP contribution in [0.15, 0.2) is 29.4 Å². The van der Waals surface area contributed by atoms with Crippen molar-refractivity contribution in [3.8, 4) is 0 Å². The average molecular weight is 214 g/mol. The number of carboxylic acids is 1. The van der Waals surface area contributed by atoms with Crippen LogP contribution in [0.3, 0.4) is 0 Å². The van der Waals surface area contributed by atoms with E-state index in [2.05, 4.69) is 5.18 Å². The minimum atomic E-state index is -1.27. The van der Waals surface area contributed by atoms with Gasteiger partial charge in [0.2, 0.25) is 0 Å². The third-order valence-electron chi connectivity index (χ3n) is 1.78. The summed E-state index contributed by atoms with van der Waals surface area (Å²) in [5.41, 5.74) is 0.612. The Morgan fingerprint density at radius 3 is 2.64 bits per heavy atom. The van der Waals surface area contributed by atoms with Crippen LogP contribution in [0.5, 0.6) is 0 Å². The maximum Gasteiger partial charge on any atom is 0.332 e. The molecule has 0 saturated heterocycles. The minimum absolute atomic E-state index is 0.0263. The van der Waals surface area contributed by atoms with Crippen molar-refractivity contribution in [1.82, 2.24) is 0 Å². The van der Waals surface area contributed by atoms with Gasteiger partial charge in [-0.3, -0.25) is 0 Å². The van der Waals surface area contributed by atoms with Gasteiger partial charge in [0.05, 0.1) is 0 Å². The molecule has 1 unspecified atom stereocenters. The maximum atomic E-state index is 10.5. The molecular formula is C9H8ClNO3. The Balaban J connectivity index is 2.82. The van der Waals surface area contributed by atoms with Crippen LogP contribution in [0.2, 0.25) is 5.02 Å². The molecule has 4 nitrogen and oxygen atoms in total. The molecule has 0 radical (unpaired) electrons. The molecule has 1 atom stereocenters. The second kappa shape index (κ2) is 4.72. The van der Waals surface area contributed by atoms with Gasteiger partial charge in [0.1, 0.15) is 0 Å². The molecule has 0 spiro atoms. The highest BCUT2D eigenvalue weighted by Crippen LogP contribution is 2.17. The van der Waals surface area contributed by atoms with E-state index in [4.69, 9.17) is 16.7 Å². The van der Waals surface area contributed by atoms with E-state index in [0.29, 0.717) is 10.6 Å². The SMILES string of the molecule is O=NC(Cc1ccccc1Cl)C(=O)O. The number of carbonyl (C=O) groups is 1. The summed E-state index contributed by atoms with van der Waals surface area (Å²) in [7, 11) is 0. The smallest absolute Gasteiger partial charge is 0.332 e. The summed E-state index contributed by atoms with van der Waals surface area (Å²) >= 11 is 5.79. The summed E-state index contributed by atoms with van der Waals surface area (Å²) in [6.07, 6.45) is 0.0263. The first-order valence-electron chi connectivity index (χ1n) is 3.94. The third-order valence-corrected chi connectivity index (χ3v) is 2.15. The van der Waals surface area contributed by atoms with Crippen LogP contribution in [0.1, 0.15) is 5.56 Å². The number of carboxylic acid groups (broad SMARTS) is 1. The van der Waals surface area contributed by atoms with E-state index in [1.807, 2.05) is 0 Å². The van der Waals surface area contributed by atoms with E-state index >= 15 is 0 Å². The molecule has 0 aliphatic carbocycles. The fourth-order valence-electron chi connectivity index (χ4n) is 1.04. The Morgan fingerprint density at radius 1 is 1.50 bits per heavy atom. The normalized spacial score (nSPS) is 12.1. The van der Waals surface area contributed by atoms with Gasteiger partial charge < -0.3 is 5.11 Å². The molecule has 0 bridgehead atoms. The molecule has 14 heavy (non-hydrogen) atoms. The van der Waals surface area contributed by atoms with Crippen molar-refractivity contribution in [2.75, 3.05) is 0 Å². The molecule has 0 fully saturated rings. The monoisotopic (exact) mass is 213 g/mol. The lowest BCUT2D eigenvalue weighted by Crippen LogP contribution is -2.20. The van der Waals surface area contributed by atoms with Crippen LogP contribution < -0.4 is 0 Å². The number of nitrogens with zero attached hydrogens (tertiary/aromatic N) is 1. The molecule has 5 heteroatoms. The van der Waals surface area contributed by atoms with Gasteiger partial charge in [0, 0.05) is 11.4 Å². The van der Waals surface area contributed by atoms with E-state index in [0.717, 1.165) is 0 Å². The number of nitroso groups, excluding NO2 is 1. The first kappa shape index (κ1) is 10.7.